The van der Waals surface area contributed by atoms with Crippen molar-refractivity contribution in [1.82, 2.24) is 10.6 Å². The van der Waals surface area contributed by atoms with Crippen LogP contribution in [0, 0.1) is 0 Å². The van der Waals surface area contributed by atoms with Crippen LogP contribution < -0.4 is 20.7 Å². The molecule has 3 rings (SSSR count). The van der Waals surface area contributed by atoms with Gasteiger partial charge >= 0.3 is 0 Å². The minimum absolute atomic E-state index is 0.145. The Kier molecular flexibility index (Phi) is 8.34. The Hall–Kier alpha value is -3.71. The molecule has 0 aliphatic rings. The Morgan fingerprint density at radius 3 is 2.34 bits per heavy atom. The zero-order valence-corrected chi connectivity index (χ0v) is 18.6. The van der Waals surface area contributed by atoms with Gasteiger partial charge in [-0.15, -0.1) is 0 Å². The summed E-state index contributed by atoms with van der Waals surface area (Å²) in [5, 5.41) is 8.46. The number of thiocarbonyl (C=S) groups is 1. The number of ether oxygens (including phenoxy) is 1. The van der Waals surface area contributed by atoms with Crippen molar-refractivity contribution in [3.8, 4) is 5.75 Å². The SMILES string of the molecule is CCNC(=O)c1cccc(NC(=S)NC(=O)c2ccc(OCCc3ccccc3)cc2)c1. The third-order valence-corrected chi connectivity index (χ3v) is 4.77. The van der Waals surface area contributed by atoms with Crippen LogP contribution in [-0.2, 0) is 6.42 Å². The van der Waals surface area contributed by atoms with Gasteiger partial charge in [-0.05, 0) is 67.2 Å². The minimum Gasteiger partial charge on any atom is -0.493 e. The van der Waals surface area contributed by atoms with Gasteiger partial charge in [-0.3, -0.25) is 14.9 Å². The topological polar surface area (TPSA) is 79.5 Å². The summed E-state index contributed by atoms with van der Waals surface area (Å²) in [6.07, 6.45) is 0.810. The molecule has 2 amide bonds. The quantitative estimate of drug-likeness (QED) is 0.452. The molecule has 3 N–H and O–H groups in total. The van der Waals surface area contributed by atoms with E-state index in [2.05, 4.69) is 28.1 Å². The summed E-state index contributed by atoms with van der Waals surface area (Å²) in [7, 11) is 0. The summed E-state index contributed by atoms with van der Waals surface area (Å²) in [4.78, 5) is 24.4. The van der Waals surface area contributed by atoms with Crippen LogP contribution in [0.15, 0.2) is 78.9 Å². The Bertz CT molecular complexity index is 1070. The second-order valence-electron chi connectivity index (χ2n) is 6.96. The molecule has 0 aliphatic carbocycles. The van der Waals surface area contributed by atoms with Crippen molar-refractivity contribution >= 4 is 34.8 Å². The van der Waals surface area contributed by atoms with Crippen LogP contribution in [0.2, 0.25) is 0 Å². The smallest absolute Gasteiger partial charge is 0.257 e. The average molecular weight is 448 g/mol. The van der Waals surface area contributed by atoms with Gasteiger partial charge in [0.2, 0.25) is 0 Å². The van der Waals surface area contributed by atoms with Crippen LogP contribution in [0.4, 0.5) is 5.69 Å². The summed E-state index contributed by atoms with van der Waals surface area (Å²) in [5.74, 6) is 0.191. The second-order valence-corrected chi connectivity index (χ2v) is 7.37. The fourth-order valence-electron chi connectivity index (χ4n) is 2.97. The van der Waals surface area contributed by atoms with E-state index in [1.807, 2.05) is 25.1 Å². The number of anilines is 1. The third-order valence-electron chi connectivity index (χ3n) is 4.57. The van der Waals surface area contributed by atoms with Crippen molar-refractivity contribution in [3.63, 3.8) is 0 Å². The maximum absolute atomic E-state index is 12.5. The van der Waals surface area contributed by atoms with Crippen LogP contribution in [0.5, 0.6) is 5.75 Å². The van der Waals surface area contributed by atoms with Gasteiger partial charge in [0, 0.05) is 29.8 Å². The Morgan fingerprint density at radius 2 is 1.62 bits per heavy atom. The second kappa shape index (κ2) is 11.6. The minimum atomic E-state index is -0.335. The Balaban J connectivity index is 1.49. The maximum Gasteiger partial charge on any atom is 0.257 e. The number of carbonyl (C=O) groups is 2. The van der Waals surface area contributed by atoms with E-state index in [1.54, 1.807) is 48.5 Å². The van der Waals surface area contributed by atoms with Crippen molar-refractivity contribution in [2.24, 2.45) is 0 Å². The van der Waals surface area contributed by atoms with Crippen LogP contribution in [-0.4, -0.2) is 30.1 Å². The van der Waals surface area contributed by atoms with Gasteiger partial charge in [-0.2, -0.15) is 0 Å². The van der Waals surface area contributed by atoms with Gasteiger partial charge in [-0.25, -0.2) is 0 Å². The van der Waals surface area contributed by atoms with Gasteiger partial charge in [-0.1, -0.05) is 36.4 Å². The normalized spacial score (nSPS) is 10.2. The molecule has 0 aliphatic heterocycles. The number of nitrogens with one attached hydrogen (secondary N) is 3. The molecule has 0 fully saturated rings. The summed E-state index contributed by atoms with van der Waals surface area (Å²) in [5.41, 5.74) is 2.79. The molecule has 0 heterocycles. The molecule has 0 bridgehead atoms. The molecule has 0 saturated carbocycles. The predicted octanol–water partition coefficient (Wildman–Crippen LogP) is 4.18. The zero-order valence-electron chi connectivity index (χ0n) is 17.8. The molecule has 6 nitrogen and oxygen atoms in total. The van der Waals surface area contributed by atoms with Crippen molar-refractivity contribution in [1.29, 1.82) is 0 Å². The molecular formula is C25H25N3O3S. The molecule has 0 atom stereocenters. The zero-order chi connectivity index (χ0) is 22.8. The standard InChI is InChI=1S/C25H25N3O3S/c1-2-26-23(29)20-9-6-10-21(17-20)27-25(32)28-24(30)19-11-13-22(14-12-19)31-16-15-18-7-4-3-5-8-18/h3-14,17H,2,15-16H2,1H3,(H,26,29)(H2,27,28,30,32). The maximum atomic E-state index is 12.5. The first-order chi connectivity index (χ1) is 15.5. The number of benzene rings is 3. The molecule has 7 heteroatoms. The van der Waals surface area contributed by atoms with Crippen molar-refractivity contribution < 1.29 is 14.3 Å². The first-order valence-electron chi connectivity index (χ1n) is 10.3. The fourth-order valence-corrected chi connectivity index (χ4v) is 3.18. The monoisotopic (exact) mass is 447 g/mol. The molecule has 0 radical (unpaired) electrons. The van der Waals surface area contributed by atoms with E-state index in [-0.39, 0.29) is 16.9 Å². The van der Waals surface area contributed by atoms with E-state index in [4.69, 9.17) is 17.0 Å². The van der Waals surface area contributed by atoms with E-state index in [0.717, 1.165) is 6.42 Å². The van der Waals surface area contributed by atoms with Crippen LogP contribution in [0.3, 0.4) is 0 Å². The fraction of sp³-hybridized carbons (Fsp3) is 0.160. The molecule has 32 heavy (non-hydrogen) atoms. The summed E-state index contributed by atoms with van der Waals surface area (Å²) in [6.45, 7) is 2.95. The molecule has 164 valence electrons. The number of amides is 2. The van der Waals surface area contributed by atoms with E-state index in [0.29, 0.717) is 35.7 Å². The van der Waals surface area contributed by atoms with Gasteiger partial charge in [0.25, 0.3) is 11.8 Å². The molecule has 3 aromatic rings. The lowest BCUT2D eigenvalue weighted by molar-refractivity contribution is 0.0953. The number of carbonyl (C=O) groups excluding carboxylic acids is 2. The van der Waals surface area contributed by atoms with E-state index >= 15 is 0 Å². The molecule has 3 aromatic carbocycles. The summed E-state index contributed by atoms with van der Waals surface area (Å²) < 4.78 is 5.75. The van der Waals surface area contributed by atoms with Crippen LogP contribution >= 0.6 is 12.2 Å². The van der Waals surface area contributed by atoms with Crippen LogP contribution in [0.1, 0.15) is 33.2 Å². The van der Waals surface area contributed by atoms with E-state index in [1.165, 1.54) is 5.56 Å². The lowest BCUT2D eigenvalue weighted by Gasteiger charge is -2.11. The van der Waals surface area contributed by atoms with Crippen molar-refractivity contribution in [3.05, 3.63) is 95.6 Å². The van der Waals surface area contributed by atoms with Crippen molar-refractivity contribution in [2.75, 3.05) is 18.5 Å². The van der Waals surface area contributed by atoms with Gasteiger partial charge in [0.15, 0.2) is 5.11 Å². The Morgan fingerprint density at radius 1 is 0.875 bits per heavy atom. The number of hydrogen-bond donors (Lipinski definition) is 3. The lowest BCUT2D eigenvalue weighted by Crippen LogP contribution is -2.34. The lowest BCUT2D eigenvalue weighted by atomic mass is 10.2. The molecule has 0 saturated heterocycles. The van der Waals surface area contributed by atoms with Gasteiger partial charge in [0.05, 0.1) is 6.61 Å². The largest absolute Gasteiger partial charge is 0.493 e. The first-order valence-corrected chi connectivity index (χ1v) is 10.7. The highest BCUT2D eigenvalue weighted by Crippen LogP contribution is 2.14. The highest BCUT2D eigenvalue weighted by Gasteiger charge is 2.10. The first kappa shape index (κ1) is 23.0. The molecule has 0 unspecified atom stereocenters. The molecule has 0 spiro atoms. The predicted molar refractivity (Wildman–Crippen MR) is 130 cm³/mol. The third kappa shape index (κ3) is 6.92. The highest BCUT2D eigenvalue weighted by atomic mass is 32.1. The summed E-state index contributed by atoms with van der Waals surface area (Å²) in [6, 6.07) is 23.9. The van der Waals surface area contributed by atoms with Crippen molar-refractivity contribution in [2.45, 2.75) is 13.3 Å². The van der Waals surface area contributed by atoms with Gasteiger partial charge < -0.3 is 15.4 Å². The Labute approximate surface area is 193 Å². The number of rotatable bonds is 8. The molecule has 0 aromatic heterocycles. The number of hydrogen-bond acceptors (Lipinski definition) is 4. The average Bonchev–Trinajstić information content (AvgIpc) is 2.80. The molecular weight excluding hydrogens is 422 g/mol. The van der Waals surface area contributed by atoms with E-state index in [9.17, 15) is 9.59 Å². The summed E-state index contributed by atoms with van der Waals surface area (Å²) >= 11 is 5.23. The van der Waals surface area contributed by atoms with E-state index < -0.39 is 0 Å². The van der Waals surface area contributed by atoms with Gasteiger partial charge in [0.1, 0.15) is 5.75 Å². The highest BCUT2D eigenvalue weighted by molar-refractivity contribution is 7.80. The van der Waals surface area contributed by atoms with Crippen LogP contribution in [0.25, 0.3) is 0 Å².